The van der Waals surface area contributed by atoms with Crippen molar-refractivity contribution in [3.63, 3.8) is 0 Å². The molecule has 5 rings (SSSR count). The van der Waals surface area contributed by atoms with Gasteiger partial charge >= 0.3 is 0 Å². The fourth-order valence-corrected chi connectivity index (χ4v) is 3.88. The monoisotopic (exact) mass is 425 g/mol. The van der Waals surface area contributed by atoms with Gasteiger partial charge in [0, 0.05) is 28.8 Å². The van der Waals surface area contributed by atoms with E-state index >= 15 is 0 Å². The van der Waals surface area contributed by atoms with Crippen molar-refractivity contribution in [1.82, 2.24) is 4.90 Å². The third-order valence-electron chi connectivity index (χ3n) is 5.49. The number of furan rings is 1. The summed E-state index contributed by atoms with van der Waals surface area (Å²) >= 11 is 0. The van der Waals surface area contributed by atoms with Gasteiger partial charge in [-0.1, -0.05) is 30.2 Å². The van der Waals surface area contributed by atoms with Gasteiger partial charge < -0.3 is 14.1 Å². The fraction of sp³-hybridized carbons (Fsp3) is 0.192. The Kier molecular flexibility index (Phi) is 5.28. The van der Waals surface area contributed by atoms with Crippen LogP contribution in [0.25, 0.3) is 11.6 Å². The van der Waals surface area contributed by atoms with E-state index in [0.717, 1.165) is 45.8 Å². The van der Waals surface area contributed by atoms with Gasteiger partial charge in [0.05, 0.1) is 23.9 Å². The summed E-state index contributed by atoms with van der Waals surface area (Å²) in [7, 11) is 4.02. The van der Waals surface area contributed by atoms with Crippen LogP contribution in [0.4, 0.5) is 11.4 Å². The van der Waals surface area contributed by atoms with E-state index in [2.05, 4.69) is 34.5 Å². The lowest BCUT2D eigenvalue weighted by Crippen LogP contribution is -2.20. The Morgan fingerprint density at radius 2 is 2.06 bits per heavy atom. The van der Waals surface area contributed by atoms with E-state index in [-0.39, 0.29) is 0 Å². The molecule has 1 aliphatic heterocycles. The number of hydrogen-bond acceptors (Lipinski definition) is 6. The van der Waals surface area contributed by atoms with Gasteiger partial charge in [-0.15, -0.1) is 6.42 Å². The molecule has 2 aromatic carbocycles. The molecule has 1 aromatic heterocycles. The van der Waals surface area contributed by atoms with Gasteiger partial charge in [0.1, 0.15) is 18.0 Å². The first-order valence-corrected chi connectivity index (χ1v) is 10.4. The maximum Gasteiger partial charge on any atom is 0.173 e. The number of likely N-dealkylation sites (N-methyl/N-ethyl adjacent to an activating group) is 1. The highest BCUT2D eigenvalue weighted by atomic mass is 16.7. The summed E-state index contributed by atoms with van der Waals surface area (Å²) in [5, 5.41) is 0. The Morgan fingerprint density at radius 1 is 1.19 bits per heavy atom. The lowest BCUT2D eigenvalue weighted by Gasteiger charge is -2.19. The number of allylic oxidation sites excluding steroid dienone is 1. The first kappa shape index (κ1) is 20.1. The summed E-state index contributed by atoms with van der Waals surface area (Å²) in [5.41, 5.74) is 10.7. The molecule has 1 unspecified atom stereocenters. The van der Waals surface area contributed by atoms with Crippen molar-refractivity contribution in [3.8, 4) is 18.1 Å². The zero-order valence-corrected chi connectivity index (χ0v) is 18.0. The van der Waals surface area contributed by atoms with E-state index in [4.69, 9.17) is 25.4 Å². The lowest BCUT2D eigenvalue weighted by atomic mass is 10.0. The molecule has 0 fully saturated rings. The van der Waals surface area contributed by atoms with Crippen molar-refractivity contribution in [3.05, 3.63) is 77.2 Å². The first-order valence-electron chi connectivity index (χ1n) is 10.4. The third-order valence-corrected chi connectivity index (χ3v) is 5.49. The molecule has 6 nitrogen and oxygen atoms in total. The quantitative estimate of drug-likeness (QED) is 0.410. The molecule has 1 N–H and O–H groups in total. The van der Waals surface area contributed by atoms with Crippen LogP contribution in [0, 0.1) is 12.3 Å². The molecule has 160 valence electrons. The molecule has 0 spiro atoms. The minimum absolute atomic E-state index is 0.535. The molecule has 3 aromatic rings. The number of fused-ring (bicyclic) bond motifs is 5. The molecule has 0 amide bonds. The number of nitrogens with one attached hydrogen (secondary N) is 1. The molecule has 0 saturated carbocycles. The van der Waals surface area contributed by atoms with Gasteiger partial charge in [-0.25, -0.2) is 4.99 Å². The highest BCUT2D eigenvalue weighted by molar-refractivity contribution is 6.44. The van der Waals surface area contributed by atoms with E-state index < -0.39 is 6.10 Å². The van der Waals surface area contributed by atoms with Crippen molar-refractivity contribution < 1.29 is 14.0 Å². The second-order valence-electron chi connectivity index (χ2n) is 7.91. The second kappa shape index (κ2) is 8.39. The maximum absolute atomic E-state index is 6.12. The minimum Gasteiger partial charge on any atom is -0.490 e. The number of anilines is 1. The second-order valence-corrected chi connectivity index (χ2v) is 7.91. The molecular weight excluding hydrogens is 402 g/mol. The lowest BCUT2D eigenvalue weighted by molar-refractivity contribution is 0.144. The van der Waals surface area contributed by atoms with Gasteiger partial charge in [0.15, 0.2) is 6.10 Å². The zero-order chi connectivity index (χ0) is 22.1. The number of rotatable bonds is 8. The highest BCUT2D eigenvalue weighted by Crippen LogP contribution is 2.49. The van der Waals surface area contributed by atoms with Crippen LogP contribution in [0.15, 0.2) is 64.4 Å². The SMILES string of the molecule is C#CC(ONc1c(OCCN(C)C)ccc2c1C1=Cc3ccccc3C1=N2)c1ccoc1. The Hall–Kier alpha value is -3.79. The summed E-state index contributed by atoms with van der Waals surface area (Å²) in [4.78, 5) is 12.9. The average molecular weight is 425 g/mol. The predicted molar refractivity (Wildman–Crippen MR) is 126 cm³/mol. The number of aliphatic imine (C=N–C) groups is 1. The number of hydrogen-bond donors (Lipinski definition) is 1. The molecule has 0 saturated heterocycles. The summed E-state index contributed by atoms with van der Waals surface area (Å²) < 4.78 is 11.3. The summed E-state index contributed by atoms with van der Waals surface area (Å²) in [6.45, 7) is 1.32. The van der Waals surface area contributed by atoms with Gasteiger partial charge in [-0.3, -0.25) is 10.3 Å². The van der Waals surface area contributed by atoms with Crippen molar-refractivity contribution >= 4 is 28.7 Å². The Bertz CT molecular complexity index is 1250. The molecule has 0 radical (unpaired) electrons. The smallest absolute Gasteiger partial charge is 0.173 e. The molecular formula is C26H23N3O3. The van der Waals surface area contributed by atoms with Gasteiger partial charge in [0.2, 0.25) is 0 Å². The largest absolute Gasteiger partial charge is 0.490 e. The van der Waals surface area contributed by atoms with E-state index in [1.165, 1.54) is 0 Å². The Labute approximate surface area is 187 Å². The van der Waals surface area contributed by atoms with E-state index in [1.54, 1.807) is 18.6 Å². The van der Waals surface area contributed by atoms with Crippen LogP contribution in [0.3, 0.4) is 0 Å². The van der Waals surface area contributed by atoms with Crippen molar-refractivity contribution in [1.29, 1.82) is 0 Å². The van der Waals surface area contributed by atoms with Gasteiger partial charge in [0.25, 0.3) is 0 Å². The number of nitrogens with zero attached hydrogens (tertiary/aromatic N) is 2. The van der Waals surface area contributed by atoms with Gasteiger partial charge in [-0.2, -0.15) is 0 Å². The molecule has 1 atom stereocenters. The van der Waals surface area contributed by atoms with Crippen LogP contribution in [0.2, 0.25) is 0 Å². The topological polar surface area (TPSA) is 59.2 Å². The normalized spacial score (nSPS) is 14.2. The van der Waals surface area contributed by atoms with Crippen molar-refractivity contribution in [2.75, 3.05) is 32.7 Å². The summed E-state index contributed by atoms with van der Waals surface area (Å²) in [5.74, 6) is 3.33. The first-order chi connectivity index (χ1) is 15.7. The van der Waals surface area contributed by atoms with E-state index in [0.29, 0.717) is 18.0 Å². The van der Waals surface area contributed by atoms with Gasteiger partial charge in [-0.05, 0) is 43.9 Å². The highest BCUT2D eigenvalue weighted by Gasteiger charge is 2.32. The van der Waals surface area contributed by atoms with Crippen LogP contribution >= 0.6 is 0 Å². The third kappa shape index (κ3) is 3.58. The molecule has 2 heterocycles. The van der Waals surface area contributed by atoms with Crippen LogP contribution in [0.5, 0.6) is 5.75 Å². The average Bonchev–Trinajstić information content (AvgIpc) is 3.51. The van der Waals surface area contributed by atoms with Crippen molar-refractivity contribution in [2.24, 2.45) is 4.99 Å². The Balaban J connectivity index is 1.50. The molecule has 1 aliphatic carbocycles. The number of terminal acetylenes is 1. The van der Waals surface area contributed by atoms with E-state index in [1.807, 2.05) is 38.4 Å². The number of ether oxygens (including phenoxy) is 1. The number of benzene rings is 2. The Morgan fingerprint density at radius 3 is 2.84 bits per heavy atom. The van der Waals surface area contributed by atoms with Crippen LogP contribution in [-0.4, -0.2) is 37.9 Å². The molecule has 32 heavy (non-hydrogen) atoms. The van der Waals surface area contributed by atoms with E-state index in [9.17, 15) is 0 Å². The van der Waals surface area contributed by atoms with Crippen LogP contribution < -0.4 is 10.2 Å². The fourth-order valence-electron chi connectivity index (χ4n) is 3.88. The molecule has 2 aliphatic rings. The standard InChI is InChI=1S/C26H23N3O3/c1-4-22(18-11-13-30-16-18)32-28-26-23(31-14-12-29(2)3)10-9-21-24(26)20-15-17-7-5-6-8-19(17)25(20)27-21/h1,5-11,13,15-16,22,28H,12,14H2,2-3H3. The zero-order valence-electron chi connectivity index (χ0n) is 18.0. The summed E-state index contributed by atoms with van der Waals surface area (Å²) in [6, 6.07) is 13.9. The minimum atomic E-state index is -0.615. The van der Waals surface area contributed by atoms with Crippen LogP contribution in [-0.2, 0) is 4.84 Å². The van der Waals surface area contributed by atoms with Crippen molar-refractivity contribution in [2.45, 2.75) is 6.10 Å². The maximum atomic E-state index is 6.12. The van der Waals surface area contributed by atoms with Crippen LogP contribution in [0.1, 0.15) is 28.4 Å². The predicted octanol–water partition coefficient (Wildman–Crippen LogP) is 4.93. The summed E-state index contributed by atoms with van der Waals surface area (Å²) in [6.07, 6.45) is 10.4. The molecule has 6 heteroatoms. The molecule has 0 bridgehead atoms.